The predicted molar refractivity (Wildman–Crippen MR) is 105 cm³/mol. The first-order chi connectivity index (χ1) is 12.8. The summed E-state index contributed by atoms with van der Waals surface area (Å²) in [6.07, 6.45) is 6.29. The summed E-state index contributed by atoms with van der Waals surface area (Å²) in [6, 6.07) is 10.5. The summed E-state index contributed by atoms with van der Waals surface area (Å²) < 4.78 is 11.3. The van der Waals surface area contributed by atoms with Gasteiger partial charge in [0.15, 0.2) is 5.96 Å². The number of nitrogens with zero attached hydrogens (tertiary/aromatic N) is 1. The van der Waals surface area contributed by atoms with Crippen LogP contribution < -0.4 is 10.6 Å². The van der Waals surface area contributed by atoms with Crippen molar-refractivity contribution in [1.82, 2.24) is 10.6 Å². The number of ether oxygens (including phenoxy) is 2. The normalized spacial score (nSPS) is 24.9. The number of rotatable bonds is 8. The molecule has 0 amide bonds. The summed E-state index contributed by atoms with van der Waals surface area (Å²) in [4.78, 5) is 4.41. The second-order valence-corrected chi connectivity index (χ2v) is 7.65. The molecule has 1 aromatic carbocycles. The van der Waals surface area contributed by atoms with Crippen molar-refractivity contribution in [2.24, 2.45) is 16.3 Å². The van der Waals surface area contributed by atoms with Gasteiger partial charge in [-0.3, -0.25) is 4.99 Å². The van der Waals surface area contributed by atoms with Crippen LogP contribution in [0.2, 0.25) is 0 Å². The average Bonchev–Trinajstić information content (AvgIpc) is 3.12. The molecule has 2 N–H and O–H groups in total. The molecule has 5 nitrogen and oxygen atoms in total. The minimum absolute atomic E-state index is 0.182. The van der Waals surface area contributed by atoms with E-state index in [0.717, 1.165) is 45.1 Å². The molecular formula is C21H33N3O2. The smallest absolute Gasteiger partial charge is 0.191 e. The number of guanidine groups is 1. The van der Waals surface area contributed by atoms with Gasteiger partial charge in [-0.2, -0.15) is 0 Å². The predicted octanol–water partition coefficient (Wildman–Crippen LogP) is 3.14. The summed E-state index contributed by atoms with van der Waals surface area (Å²) >= 11 is 0. The Morgan fingerprint density at radius 3 is 2.73 bits per heavy atom. The molecule has 5 heteroatoms. The van der Waals surface area contributed by atoms with E-state index in [1.807, 2.05) is 7.05 Å². The summed E-state index contributed by atoms with van der Waals surface area (Å²) in [7, 11) is 3.63. The fraction of sp³-hybridized carbons (Fsp3) is 0.667. The van der Waals surface area contributed by atoms with Gasteiger partial charge in [0.05, 0.1) is 6.10 Å². The van der Waals surface area contributed by atoms with Crippen LogP contribution in [0.3, 0.4) is 0 Å². The van der Waals surface area contributed by atoms with E-state index in [1.165, 1.54) is 24.8 Å². The lowest BCUT2D eigenvalue weighted by molar-refractivity contribution is 0.0731. The molecule has 1 heterocycles. The van der Waals surface area contributed by atoms with Gasteiger partial charge in [-0.25, -0.2) is 0 Å². The summed E-state index contributed by atoms with van der Waals surface area (Å²) in [6.45, 7) is 3.52. The van der Waals surface area contributed by atoms with Crippen molar-refractivity contribution in [1.29, 1.82) is 0 Å². The molecule has 0 spiro atoms. The van der Waals surface area contributed by atoms with E-state index >= 15 is 0 Å². The zero-order valence-corrected chi connectivity index (χ0v) is 16.2. The molecule has 2 aliphatic rings. The van der Waals surface area contributed by atoms with Crippen LogP contribution in [0.4, 0.5) is 0 Å². The van der Waals surface area contributed by atoms with E-state index in [2.05, 4.69) is 46.0 Å². The molecule has 26 heavy (non-hydrogen) atoms. The Kier molecular flexibility index (Phi) is 6.92. The molecule has 1 aliphatic heterocycles. The van der Waals surface area contributed by atoms with Crippen LogP contribution in [0.25, 0.3) is 0 Å². The molecule has 2 fully saturated rings. The van der Waals surface area contributed by atoms with Crippen LogP contribution in [-0.2, 0) is 9.47 Å². The lowest BCUT2D eigenvalue weighted by Crippen LogP contribution is -2.47. The number of benzene rings is 1. The third-order valence-corrected chi connectivity index (χ3v) is 5.98. The van der Waals surface area contributed by atoms with Gasteiger partial charge in [0.25, 0.3) is 0 Å². The van der Waals surface area contributed by atoms with Crippen molar-refractivity contribution in [3.05, 3.63) is 35.9 Å². The Bertz CT molecular complexity index is 572. The van der Waals surface area contributed by atoms with Gasteiger partial charge in [0.1, 0.15) is 0 Å². The van der Waals surface area contributed by atoms with Gasteiger partial charge >= 0.3 is 0 Å². The fourth-order valence-corrected chi connectivity index (χ4v) is 4.08. The Hall–Kier alpha value is -1.59. The quantitative estimate of drug-likeness (QED) is 0.553. The van der Waals surface area contributed by atoms with Crippen LogP contribution in [-0.4, -0.2) is 46.4 Å². The monoisotopic (exact) mass is 359 g/mol. The Morgan fingerprint density at radius 2 is 2.08 bits per heavy atom. The first-order valence-corrected chi connectivity index (χ1v) is 9.86. The van der Waals surface area contributed by atoms with Crippen LogP contribution in [0.1, 0.15) is 43.8 Å². The summed E-state index contributed by atoms with van der Waals surface area (Å²) in [5.41, 5.74) is 1.66. The van der Waals surface area contributed by atoms with Crippen molar-refractivity contribution in [2.75, 3.05) is 40.5 Å². The van der Waals surface area contributed by atoms with Crippen molar-refractivity contribution in [2.45, 2.75) is 38.2 Å². The number of nitrogens with one attached hydrogen (secondary N) is 2. The summed E-state index contributed by atoms with van der Waals surface area (Å²) in [5.74, 6) is 1.37. The van der Waals surface area contributed by atoms with Crippen LogP contribution >= 0.6 is 0 Å². The number of hydrogen-bond donors (Lipinski definition) is 2. The maximum absolute atomic E-state index is 5.99. The van der Waals surface area contributed by atoms with E-state index in [0.29, 0.717) is 11.3 Å². The highest BCUT2D eigenvalue weighted by atomic mass is 16.5. The van der Waals surface area contributed by atoms with E-state index in [1.54, 1.807) is 7.11 Å². The zero-order valence-electron chi connectivity index (χ0n) is 16.2. The van der Waals surface area contributed by atoms with E-state index in [4.69, 9.17) is 9.47 Å². The van der Waals surface area contributed by atoms with Gasteiger partial charge in [-0.05, 0) is 36.7 Å². The standard InChI is InChI=1S/C21H33N3O2/c1-22-20(24-16-21(10-6-11-21)12-14-25-2)23-15-18-9-13-26-19(18)17-7-4-3-5-8-17/h3-5,7-8,18-19H,6,9-16H2,1-2H3,(H2,22,23,24). The molecule has 0 bridgehead atoms. The topological polar surface area (TPSA) is 54.9 Å². The van der Waals surface area contributed by atoms with Crippen LogP contribution in [0, 0.1) is 11.3 Å². The van der Waals surface area contributed by atoms with E-state index in [9.17, 15) is 0 Å². The highest BCUT2D eigenvalue weighted by molar-refractivity contribution is 5.79. The number of hydrogen-bond acceptors (Lipinski definition) is 3. The van der Waals surface area contributed by atoms with E-state index < -0.39 is 0 Å². The van der Waals surface area contributed by atoms with Gasteiger partial charge in [-0.1, -0.05) is 36.8 Å². The lowest BCUT2D eigenvalue weighted by atomic mass is 9.67. The highest BCUT2D eigenvalue weighted by Gasteiger charge is 2.36. The molecule has 1 aromatic rings. The van der Waals surface area contributed by atoms with Crippen LogP contribution in [0.5, 0.6) is 0 Å². The van der Waals surface area contributed by atoms with Crippen molar-refractivity contribution >= 4 is 5.96 Å². The Labute approximate surface area is 157 Å². The van der Waals surface area contributed by atoms with Gasteiger partial charge in [-0.15, -0.1) is 0 Å². The molecule has 2 unspecified atom stereocenters. The van der Waals surface area contributed by atoms with Crippen LogP contribution in [0.15, 0.2) is 35.3 Å². The lowest BCUT2D eigenvalue weighted by Gasteiger charge is -2.42. The molecule has 1 aliphatic carbocycles. The molecule has 0 aromatic heterocycles. The van der Waals surface area contributed by atoms with Crippen molar-refractivity contribution in [3.8, 4) is 0 Å². The molecular weight excluding hydrogens is 326 g/mol. The highest BCUT2D eigenvalue weighted by Crippen LogP contribution is 2.43. The van der Waals surface area contributed by atoms with Crippen molar-refractivity contribution in [3.63, 3.8) is 0 Å². The maximum Gasteiger partial charge on any atom is 0.191 e. The minimum Gasteiger partial charge on any atom is -0.385 e. The second-order valence-electron chi connectivity index (χ2n) is 7.65. The van der Waals surface area contributed by atoms with Gasteiger partial charge < -0.3 is 20.1 Å². The second kappa shape index (κ2) is 9.38. The third-order valence-electron chi connectivity index (χ3n) is 5.98. The Morgan fingerprint density at radius 1 is 1.27 bits per heavy atom. The first-order valence-electron chi connectivity index (χ1n) is 9.86. The maximum atomic E-state index is 5.99. The third kappa shape index (κ3) is 4.77. The molecule has 0 radical (unpaired) electrons. The molecule has 3 rings (SSSR count). The average molecular weight is 360 g/mol. The first kappa shape index (κ1) is 19.2. The SMILES string of the molecule is CN=C(NCC1CCOC1c1ccccc1)NCC1(CCOC)CCC1. The van der Waals surface area contributed by atoms with Gasteiger partial charge in [0, 0.05) is 46.4 Å². The largest absolute Gasteiger partial charge is 0.385 e. The minimum atomic E-state index is 0.182. The van der Waals surface area contributed by atoms with E-state index in [-0.39, 0.29) is 6.10 Å². The molecule has 2 atom stereocenters. The molecule has 144 valence electrons. The summed E-state index contributed by atoms with van der Waals surface area (Å²) in [5, 5.41) is 7.06. The fourth-order valence-electron chi connectivity index (χ4n) is 4.08. The van der Waals surface area contributed by atoms with Gasteiger partial charge in [0.2, 0.25) is 0 Å². The molecule has 1 saturated carbocycles. The number of aliphatic imine (C=N–C) groups is 1. The number of methoxy groups -OCH3 is 1. The zero-order chi connectivity index (χ0) is 18.2. The Balaban J connectivity index is 1.48. The van der Waals surface area contributed by atoms with Crippen molar-refractivity contribution < 1.29 is 9.47 Å². The molecule has 1 saturated heterocycles.